The molecule has 0 bridgehead atoms. The van der Waals surface area contributed by atoms with Gasteiger partial charge in [-0.1, -0.05) is 30.3 Å². The number of Topliss-reactive ketones (excluding diaryl/α,β-unsaturated/α-hetero) is 1. The fourth-order valence-electron chi connectivity index (χ4n) is 1.89. The van der Waals surface area contributed by atoms with E-state index >= 15 is 0 Å². The van der Waals surface area contributed by atoms with Crippen LogP contribution in [0.25, 0.3) is 0 Å². The van der Waals surface area contributed by atoms with Crippen LogP contribution in [-0.2, 0) is 4.74 Å². The largest absolute Gasteiger partial charge is 0.380 e. The van der Waals surface area contributed by atoms with Crippen molar-refractivity contribution in [2.45, 2.75) is 0 Å². The molecule has 3 heteroatoms. The van der Waals surface area contributed by atoms with Crippen LogP contribution in [0.3, 0.4) is 0 Å². The van der Waals surface area contributed by atoms with Gasteiger partial charge in [0, 0.05) is 22.8 Å². The first kappa shape index (κ1) is 11.7. The van der Waals surface area contributed by atoms with Crippen LogP contribution in [-0.4, -0.2) is 42.5 Å². The van der Waals surface area contributed by atoms with Gasteiger partial charge in [0.1, 0.15) is 0 Å². The third kappa shape index (κ3) is 2.86. The Morgan fingerprint density at radius 1 is 1.25 bits per heavy atom. The molecular formula is C13H18O2S. The Balaban J connectivity index is 2.01. The number of rotatable bonds is 3. The second kappa shape index (κ2) is 5.02. The summed E-state index contributed by atoms with van der Waals surface area (Å²) in [4.78, 5) is 12.1. The number of ether oxygens (including phenoxy) is 1. The Hall–Kier alpha value is -0.800. The molecule has 1 aliphatic heterocycles. The molecule has 1 aromatic rings. The molecule has 2 rings (SSSR count). The van der Waals surface area contributed by atoms with Gasteiger partial charge in [-0.05, 0) is 6.26 Å². The lowest BCUT2D eigenvalue weighted by atomic mass is 10.2. The number of hydrogen-bond donors (Lipinski definition) is 0. The zero-order chi connectivity index (χ0) is 11.4. The molecule has 2 nitrogen and oxygen atoms in total. The van der Waals surface area contributed by atoms with E-state index in [1.54, 1.807) is 0 Å². The van der Waals surface area contributed by atoms with Crippen molar-refractivity contribution in [3.05, 3.63) is 35.9 Å². The maximum absolute atomic E-state index is 12.1. The molecule has 1 aromatic carbocycles. The molecule has 0 aliphatic carbocycles. The maximum Gasteiger partial charge on any atom is 0.171 e. The number of carbonyl (C=O) groups excluding carboxylic acids is 1. The number of ketones is 1. The molecule has 0 amide bonds. The predicted octanol–water partition coefficient (Wildman–Crippen LogP) is 2.33. The van der Waals surface area contributed by atoms with E-state index in [1.165, 1.54) is 0 Å². The summed E-state index contributed by atoms with van der Waals surface area (Å²) < 4.78 is 5.36. The summed E-state index contributed by atoms with van der Waals surface area (Å²) in [7, 11) is -0.762. The van der Waals surface area contributed by atoms with Gasteiger partial charge in [0.2, 0.25) is 0 Å². The topological polar surface area (TPSA) is 26.3 Å². The van der Waals surface area contributed by atoms with E-state index in [4.69, 9.17) is 4.74 Å². The van der Waals surface area contributed by atoms with Gasteiger partial charge in [0.15, 0.2) is 5.78 Å². The Morgan fingerprint density at radius 2 is 1.88 bits per heavy atom. The van der Waals surface area contributed by atoms with E-state index in [2.05, 4.69) is 6.26 Å². The van der Waals surface area contributed by atoms with E-state index < -0.39 is 10.0 Å². The van der Waals surface area contributed by atoms with Crippen molar-refractivity contribution in [3.63, 3.8) is 0 Å². The van der Waals surface area contributed by atoms with Crippen LogP contribution in [0.4, 0.5) is 0 Å². The first-order chi connectivity index (χ1) is 7.70. The minimum Gasteiger partial charge on any atom is -0.380 e. The van der Waals surface area contributed by atoms with Crippen LogP contribution in [0.5, 0.6) is 0 Å². The third-order valence-corrected chi connectivity index (χ3v) is 6.28. The van der Waals surface area contributed by atoms with Crippen LogP contribution >= 0.6 is 10.0 Å². The van der Waals surface area contributed by atoms with Gasteiger partial charge < -0.3 is 4.74 Å². The first-order valence-electron chi connectivity index (χ1n) is 5.57. The Kier molecular flexibility index (Phi) is 3.66. The molecule has 1 aliphatic rings. The van der Waals surface area contributed by atoms with Gasteiger partial charge in [-0.15, -0.1) is 0 Å². The highest BCUT2D eigenvalue weighted by molar-refractivity contribution is 8.33. The lowest BCUT2D eigenvalue weighted by Crippen LogP contribution is -2.27. The lowest BCUT2D eigenvalue weighted by Gasteiger charge is -2.38. The van der Waals surface area contributed by atoms with E-state index in [1.807, 2.05) is 30.3 Å². The van der Waals surface area contributed by atoms with Gasteiger partial charge in [0.25, 0.3) is 0 Å². The first-order valence-corrected chi connectivity index (χ1v) is 8.12. The summed E-state index contributed by atoms with van der Waals surface area (Å²) in [5, 5.41) is 0. The normalized spacial score (nSPS) is 21.3. The average Bonchev–Trinajstić information content (AvgIpc) is 2.30. The van der Waals surface area contributed by atoms with Gasteiger partial charge in [-0.2, -0.15) is 0 Å². The average molecular weight is 238 g/mol. The van der Waals surface area contributed by atoms with Gasteiger partial charge in [-0.3, -0.25) is 4.79 Å². The standard InChI is InChI=1S/C13H18O2S/c1-16(9-7-15-8-10-16)11-13(14)12-5-3-2-4-6-12/h2-6H,7-11H2,1H3. The molecule has 0 atom stereocenters. The van der Waals surface area contributed by atoms with E-state index in [9.17, 15) is 4.79 Å². The highest BCUT2D eigenvalue weighted by atomic mass is 32.3. The van der Waals surface area contributed by atoms with Crippen molar-refractivity contribution < 1.29 is 9.53 Å². The molecule has 0 spiro atoms. The quantitative estimate of drug-likeness (QED) is 0.756. The summed E-state index contributed by atoms with van der Waals surface area (Å²) in [6, 6.07) is 9.61. The van der Waals surface area contributed by atoms with Gasteiger partial charge in [-0.25, -0.2) is 10.0 Å². The van der Waals surface area contributed by atoms with E-state index in [0.29, 0.717) is 5.78 Å². The fraction of sp³-hybridized carbons (Fsp3) is 0.462. The van der Waals surface area contributed by atoms with Gasteiger partial charge >= 0.3 is 0 Å². The molecule has 1 saturated heterocycles. The molecule has 0 N–H and O–H groups in total. The van der Waals surface area contributed by atoms with Crippen LogP contribution in [0.15, 0.2) is 30.3 Å². The minimum absolute atomic E-state index is 0.292. The number of benzene rings is 1. The molecule has 0 aromatic heterocycles. The van der Waals surface area contributed by atoms with Gasteiger partial charge in [0.05, 0.1) is 13.2 Å². The summed E-state index contributed by atoms with van der Waals surface area (Å²) >= 11 is 0. The number of carbonyl (C=O) groups is 1. The molecule has 1 fully saturated rings. The highest BCUT2D eigenvalue weighted by Crippen LogP contribution is 2.45. The highest BCUT2D eigenvalue weighted by Gasteiger charge is 2.25. The fourth-order valence-corrected chi connectivity index (χ4v) is 4.23. The second-order valence-electron chi connectivity index (χ2n) is 4.43. The predicted molar refractivity (Wildman–Crippen MR) is 69.7 cm³/mol. The molecule has 88 valence electrons. The van der Waals surface area contributed by atoms with E-state index in [0.717, 1.165) is 36.0 Å². The zero-order valence-corrected chi connectivity index (χ0v) is 10.5. The maximum atomic E-state index is 12.1. The smallest absolute Gasteiger partial charge is 0.171 e. The molecule has 0 saturated carbocycles. The van der Waals surface area contributed by atoms with Crippen molar-refractivity contribution in [2.24, 2.45) is 0 Å². The van der Waals surface area contributed by atoms with Crippen molar-refractivity contribution in [1.29, 1.82) is 0 Å². The monoisotopic (exact) mass is 238 g/mol. The molecular weight excluding hydrogens is 220 g/mol. The molecule has 16 heavy (non-hydrogen) atoms. The summed E-state index contributed by atoms with van der Waals surface area (Å²) in [6.45, 7) is 1.65. The summed E-state index contributed by atoms with van der Waals surface area (Å²) in [5.74, 6) is 3.16. The van der Waals surface area contributed by atoms with Crippen LogP contribution < -0.4 is 0 Å². The Bertz CT molecular complexity index is 355. The summed E-state index contributed by atoms with van der Waals surface area (Å²) in [6.07, 6.45) is 2.27. The van der Waals surface area contributed by atoms with Crippen molar-refractivity contribution in [2.75, 3.05) is 36.7 Å². The van der Waals surface area contributed by atoms with Crippen molar-refractivity contribution in [1.82, 2.24) is 0 Å². The zero-order valence-electron chi connectivity index (χ0n) is 9.65. The molecule has 1 heterocycles. The van der Waals surface area contributed by atoms with Crippen LogP contribution in [0.2, 0.25) is 0 Å². The second-order valence-corrected chi connectivity index (χ2v) is 8.49. The van der Waals surface area contributed by atoms with Crippen molar-refractivity contribution >= 4 is 15.8 Å². The number of hydrogen-bond acceptors (Lipinski definition) is 2. The third-order valence-electron chi connectivity index (χ3n) is 3.02. The van der Waals surface area contributed by atoms with E-state index in [-0.39, 0.29) is 0 Å². The Morgan fingerprint density at radius 3 is 2.50 bits per heavy atom. The van der Waals surface area contributed by atoms with Crippen LogP contribution in [0.1, 0.15) is 10.4 Å². The summed E-state index contributed by atoms with van der Waals surface area (Å²) in [5.41, 5.74) is 0.850. The minimum atomic E-state index is -0.762. The SMILES string of the molecule is CS1(CC(=O)c2ccccc2)CCOCC1. The molecule has 0 unspecified atom stereocenters. The lowest BCUT2D eigenvalue weighted by molar-refractivity contribution is 0.102. The molecule has 0 radical (unpaired) electrons. The van der Waals surface area contributed by atoms with Crippen LogP contribution in [0, 0.1) is 0 Å². The Labute approximate surface area is 98.3 Å². The van der Waals surface area contributed by atoms with Crippen molar-refractivity contribution in [3.8, 4) is 0 Å².